The zero-order valence-electron chi connectivity index (χ0n) is 14.9. The number of carbonyl (C=O) groups excluding carboxylic acids is 3. The molecular weight excluding hydrogens is 372 g/mol. The van der Waals surface area contributed by atoms with Crippen molar-refractivity contribution in [3.05, 3.63) is 58.6 Å². The molecule has 27 heavy (non-hydrogen) atoms. The number of methoxy groups -OCH3 is 2. The molecular formula is C19H19ClN2O5. The van der Waals surface area contributed by atoms with E-state index in [1.165, 1.54) is 14.2 Å². The minimum atomic E-state index is -0.470. The van der Waals surface area contributed by atoms with Crippen LogP contribution in [0, 0.1) is 0 Å². The Labute approximate surface area is 161 Å². The van der Waals surface area contributed by atoms with Crippen LogP contribution in [0.4, 0.5) is 11.4 Å². The Bertz CT molecular complexity index is 836. The molecule has 2 rings (SSSR count). The van der Waals surface area contributed by atoms with E-state index in [-0.39, 0.29) is 12.3 Å². The molecule has 0 saturated heterocycles. The molecule has 1 amide bonds. The molecule has 0 spiro atoms. The number of amides is 1. The zero-order valence-corrected chi connectivity index (χ0v) is 15.6. The van der Waals surface area contributed by atoms with Gasteiger partial charge in [0.2, 0.25) is 5.91 Å². The molecule has 0 atom stereocenters. The molecule has 142 valence electrons. The summed E-state index contributed by atoms with van der Waals surface area (Å²) in [6.07, 6.45) is 0.178. The van der Waals surface area contributed by atoms with Crippen molar-refractivity contribution in [2.24, 2.45) is 0 Å². The summed E-state index contributed by atoms with van der Waals surface area (Å²) in [5.74, 6) is -1.13. The Balaban J connectivity index is 1.87. The maximum atomic E-state index is 12.0. The molecule has 0 heterocycles. The quantitative estimate of drug-likeness (QED) is 0.704. The topological polar surface area (TPSA) is 93.7 Å². The monoisotopic (exact) mass is 390 g/mol. The number of esters is 2. The van der Waals surface area contributed by atoms with Crippen LogP contribution >= 0.6 is 11.6 Å². The van der Waals surface area contributed by atoms with Crippen molar-refractivity contribution in [2.75, 3.05) is 31.4 Å². The first-order valence-electron chi connectivity index (χ1n) is 8.04. The number of rotatable bonds is 7. The van der Waals surface area contributed by atoms with Crippen LogP contribution in [0.2, 0.25) is 5.02 Å². The lowest BCUT2D eigenvalue weighted by Gasteiger charge is -2.10. The summed E-state index contributed by atoms with van der Waals surface area (Å²) in [5.41, 5.74) is 1.87. The van der Waals surface area contributed by atoms with Crippen molar-refractivity contribution in [1.29, 1.82) is 0 Å². The van der Waals surface area contributed by atoms with Crippen LogP contribution < -0.4 is 10.6 Å². The highest BCUT2D eigenvalue weighted by Crippen LogP contribution is 2.23. The van der Waals surface area contributed by atoms with Gasteiger partial charge in [0.05, 0.1) is 36.1 Å². The van der Waals surface area contributed by atoms with Crippen LogP contribution in [0.25, 0.3) is 0 Å². The summed E-state index contributed by atoms with van der Waals surface area (Å²) >= 11 is 6.09. The van der Waals surface area contributed by atoms with Gasteiger partial charge >= 0.3 is 11.9 Å². The predicted molar refractivity (Wildman–Crippen MR) is 102 cm³/mol. The smallest absolute Gasteiger partial charge is 0.337 e. The van der Waals surface area contributed by atoms with Gasteiger partial charge in [-0.05, 0) is 42.5 Å². The van der Waals surface area contributed by atoms with E-state index >= 15 is 0 Å². The maximum Gasteiger partial charge on any atom is 0.337 e. The molecule has 0 bridgehead atoms. The Morgan fingerprint density at radius 2 is 1.52 bits per heavy atom. The highest BCUT2D eigenvalue weighted by atomic mass is 35.5. The van der Waals surface area contributed by atoms with Crippen molar-refractivity contribution < 1.29 is 23.9 Å². The highest BCUT2D eigenvalue weighted by molar-refractivity contribution is 6.33. The standard InChI is InChI=1S/C19H19ClN2O5/c1-26-18(24)12-3-6-14(7-4-12)22-17(23)9-10-21-16-11-13(19(25)27-2)5-8-15(16)20/h3-8,11,21H,9-10H2,1-2H3,(H,22,23). The van der Waals surface area contributed by atoms with E-state index in [1.54, 1.807) is 42.5 Å². The number of halogens is 1. The Kier molecular flexibility index (Phi) is 7.19. The maximum absolute atomic E-state index is 12.0. The lowest BCUT2D eigenvalue weighted by molar-refractivity contribution is -0.115. The third-order valence-corrected chi connectivity index (χ3v) is 3.97. The number of hydrogen-bond acceptors (Lipinski definition) is 6. The summed E-state index contributed by atoms with van der Waals surface area (Å²) in [6, 6.07) is 11.1. The minimum absolute atomic E-state index is 0.178. The second-order valence-electron chi connectivity index (χ2n) is 5.48. The van der Waals surface area contributed by atoms with Crippen LogP contribution in [0.5, 0.6) is 0 Å². The van der Waals surface area contributed by atoms with Crippen molar-refractivity contribution >= 4 is 40.8 Å². The van der Waals surface area contributed by atoms with Gasteiger partial charge in [0.1, 0.15) is 0 Å². The third kappa shape index (κ3) is 5.72. The lowest BCUT2D eigenvalue weighted by Crippen LogP contribution is -2.16. The minimum Gasteiger partial charge on any atom is -0.465 e. The van der Waals surface area contributed by atoms with E-state index in [2.05, 4.69) is 20.1 Å². The zero-order chi connectivity index (χ0) is 19.8. The van der Waals surface area contributed by atoms with E-state index in [4.69, 9.17) is 11.6 Å². The Morgan fingerprint density at radius 3 is 2.15 bits per heavy atom. The summed E-state index contributed by atoms with van der Waals surface area (Å²) in [7, 11) is 2.60. The first-order chi connectivity index (χ1) is 12.9. The SMILES string of the molecule is COC(=O)c1ccc(NC(=O)CCNc2cc(C(=O)OC)ccc2Cl)cc1. The molecule has 0 fully saturated rings. The molecule has 8 heteroatoms. The van der Waals surface area contributed by atoms with Gasteiger partial charge in [-0.15, -0.1) is 0 Å². The van der Waals surface area contributed by atoms with E-state index in [1.807, 2.05) is 0 Å². The first kappa shape index (κ1) is 20.3. The number of hydrogen-bond donors (Lipinski definition) is 2. The van der Waals surface area contributed by atoms with Crippen LogP contribution in [-0.2, 0) is 14.3 Å². The number of ether oxygens (including phenoxy) is 2. The van der Waals surface area contributed by atoms with Crippen LogP contribution in [0.3, 0.4) is 0 Å². The van der Waals surface area contributed by atoms with Gasteiger partial charge < -0.3 is 20.1 Å². The van der Waals surface area contributed by atoms with E-state index in [0.717, 1.165) is 0 Å². The third-order valence-electron chi connectivity index (χ3n) is 3.64. The fourth-order valence-electron chi connectivity index (χ4n) is 2.25. The molecule has 2 aromatic rings. The number of nitrogens with one attached hydrogen (secondary N) is 2. The fraction of sp³-hybridized carbons (Fsp3) is 0.211. The largest absolute Gasteiger partial charge is 0.465 e. The summed E-state index contributed by atoms with van der Waals surface area (Å²) in [5, 5.41) is 6.18. The summed E-state index contributed by atoms with van der Waals surface area (Å²) in [4.78, 5) is 35.0. The predicted octanol–water partition coefficient (Wildman–Crippen LogP) is 3.35. The van der Waals surface area contributed by atoms with Gasteiger partial charge in [0.15, 0.2) is 0 Å². The molecule has 0 aliphatic carbocycles. The van der Waals surface area contributed by atoms with Crippen molar-refractivity contribution in [1.82, 2.24) is 0 Å². The van der Waals surface area contributed by atoms with Crippen molar-refractivity contribution in [2.45, 2.75) is 6.42 Å². The number of anilines is 2. The molecule has 7 nitrogen and oxygen atoms in total. The van der Waals surface area contributed by atoms with Gasteiger partial charge in [0, 0.05) is 18.7 Å². The Hall–Kier alpha value is -3.06. The van der Waals surface area contributed by atoms with Gasteiger partial charge in [-0.25, -0.2) is 9.59 Å². The number of benzene rings is 2. The second-order valence-corrected chi connectivity index (χ2v) is 5.89. The van der Waals surface area contributed by atoms with Crippen LogP contribution in [0.1, 0.15) is 27.1 Å². The van der Waals surface area contributed by atoms with Gasteiger partial charge in [-0.2, -0.15) is 0 Å². The molecule has 2 aromatic carbocycles. The second kappa shape index (κ2) is 9.59. The van der Waals surface area contributed by atoms with Crippen molar-refractivity contribution in [3.8, 4) is 0 Å². The van der Waals surface area contributed by atoms with E-state index in [0.29, 0.717) is 34.1 Å². The van der Waals surface area contributed by atoms with Crippen LogP contribution in [0.15, 0.2) is 42.5 Å². The molecule has 0 saturated carbocycles. The molecule has 0 radical (unpaired) electrons. The molecule has 0 unspecified atom stereocenters. The van der Waals surface area contributed by atoms with Crippen LogP contribution in [-0.4, -0.2) is 38.6 Å². The first-order valence-corrected chi connectivity index (χ1v) is 8.42. The molecule has 2 N–H and O–H groups in total. The van der Waals surface area contributed by atoms with E-state index < -0.39 is 11.9 Å². The highest BCUT2D eigenvalue weighted by Gasteiger charge is 2.10. The molecule has 0 aromatic heterocycles. The Morgan fingerprint density at radius 1 is 0.926 bits per heavy atom. The number of carbonyl (C=O) groups is 3. The lowest BCUT2D eigenvalue weighted by atomic mass is 10.2. The molecule has 0 aliphatic heterocycles. The van der Waals surface area contributed by atoms with Gasteiger partial charge in [0.25, 0.3) is 0 Å². The normalized spacial score (nSPS) is 10.0. The summed E-state index contributed by atoms with van der Waals surface area (Å²) < 4.78 is 9.29. The fourth-order valence-corrected chi connectivity index (χ4v) is 2.43. The van der Waals surface area contributed by atoms with Gasteiger partial charge in [-0.1, -0.05) is 11.6 Å². The summed E-state index contributed by atoms with van der Waals surface area (Å²) in [6.45, 7) is 0.316. The van der Waals surface area contributed by atoms with Crippen molar-refractivity contribution in [3.63, 3.8) is 0 Å². The molecule has 0 aliphatic rings. The van der Waals surface area contributed by atoms with E-state index in [9.17, 15) is 14.4 Å². The average molecular weight is 391 g/mol. The average Bonchev–Trinajstić information content (AvgIpc) is 2.68. The van der Waals surface area contributed by atoms with Gasteiger partial charge in [-0.3, -0.25) is 4.79 Å².